The summed E-state index contributed by atoms with van der Waals surface area (Å²) in [5, 5.41) is 13.1. The zero-order valence-corrected chi connectivity index (χ0v) is 15.1. The third-order valence-electron chi connectivity index (χ3n) is 6.77. The van der Waals surface area contributed by atoms with Gasteiger partial charge < -0.3 is 9.99 Å². The van der Waals surface area contributed by atoms with E-state index < -0.39 is 0 Å². The lowest BCUT2D eigenvalue weighted by Crippen LogP contribution is -2.53. The summed E-state index contributed by atoms with van der Waals surface area (Å²) in [4.78, 5) is 13.1. The van der Waals surface area contributed by atoms with Crippen LogP contribution in [0.25, 0.3) is 0 Å². The zero-order chi connectivity index (χ0) is 17.4. The van der Waals surface area contributed by atoms with Crippen molar-refractivity contribution < 1.29 is 24.2 Å². The molecular formula is C19H23O5S-. The largest absolute Gasteiger partial charge is 0.691 e. The van der Waals surface area contributed by atoms with Crippen LogP contribution in [0.3, 0.4) is 0 Å². The molecule has 4 fully saturated rings. The van der Waals surface area contributed by atoms with Gasteiger partial charge in [0.15, 0.2) is 0 Å². The van der Waals surface area contributed by atoms with Crippen LogP contribution < -0.4 is 5.26 Å². The van der Waals surface area contributed by atoms with E-state index in [0.29, 0.717) is 28.9 Å². The third kappa shape index (κ3) is 3.33. The molecule has 5 nitrogen and oxygen atoms in total. The fraction of sp³-hybridized carbons (Fsp3) is 0.632. The number of ether oxygens (including phenoxy) is 1. The fourth-order valence-electron chi connectivity index (χ4n) is 5.50. The van der Waals surface area contributed by atoms with Crippen molar-refractivity contribution in [2.45, 2.75) is 43.9 Å². The Kier molecular flexibility index (Phi) is 4.79. The molecule has 0 heterocycles. The van der Waals surface area contributed by atoms with Gasteiger partial charge >= 0.3 is 5.97 Å². The Labute approximate surface area is 152 Å². The summed E-state index contributed by atoms with van der Waals surface area (Å²) in [5.41, 5.74) is 0.651. The van der Waals surface area contributed by atoms with E-state index >= 15 is 0 Å². The van der Waals surface area contributed by atoms with Gasteiger partial charge in [0, 0.05) is 10.3 Å². The van der Waals surface area contributed by atoms with Gasteiger partial charge in [0.05, 0.1) is 24.2 Å². The summed E-state index contributed by atoms with van der Waals surface area (Å²) in [6.45, 7) is 2.84. The topological polar surface area (TPSA) is 67.8 Å². The minimum Gasteiger partial charge on any atom is -0.691 e. The molecule has 0 radical (unpaired) electrons. The van der Waals surface area contributed by atoms with Crippen molar-refractivity contribution in [3.63, 3.8) is 0 Å². The lowest BCUT2D eigenvalue weighted by molar-refractivity contribution is -0.777. The van der Waals surface area contributed by atoms with Crippen LogP contribution in [0.15, 0.2) is 29.2 Å². The minimum atomic E-state index is -0.285. The maximum Gasteiger partial charge on any atom is 0.338 e. The molecule has 0 atom stereocenters. The second kappa shape index (κ2) is 6.91. The molecule has 25 heavy (non-hydrogen) atoms. The van der Waals surface area contributed by atoms with E-state index in [1.165, 1.54) is 32.1 Å². The average molecular weight is 363 g/mol. The van der Waals surface area contributed by atoms with E-state index in [1.807, 2.05) is 0 Å². The molecule has 0 unspecified atom stereocenters. The molecule has 0 N–H and O–H groups in total. The summed E-state index contributed by atoms with van der Waals surface area (Å²) in [6, 6.07) is 6.76. The van der Waals surface area contributed by atoms with Gasteiger partial charge in [0.1, 0.15) is 0 Å². The van der Waals surface area contributed by atoms with E-state index in [4.69, 9.17) is 4.74 Å². The predicted octanol–water partition coefficient (Wildman–Crippen LogP) is 3.54. The molecule has 0 amide bonds. The van der Waals surface area contributed by atoms with Crippen LogP contribution in [0.2, 0.25) is 0 Å². The predicted molar refractivity (Wildman–Crippen MR) is 89.9 cm³/mol. The van der Waals surface area contributed by atoms with Crippen LogP contribution in [0, 0.1) is 29.1 Å². The first kappa shape index (κ1) is 17.3. The maximum atomic E-state index is 12.4. The van der Waals surface area contributed by atoms with Crippen LogP contribution in [-0.2, 0) is 14.1 Å². The summed E-state index contributed by atoms with van der Waals surface area (Å²) in [7, 11) is 0. The van der Waals surface area contributed by atoms with Crippen LogP contribution in [-0.4, -0.2) is 12.6 Å². The molecule has 1 aromatic rings. The molecule has 4 bridgehead atoms. The van der Waals surface area contributed by atoms with E-state index in [9.17, 15) is 10.1 Å². The lowest BCUT2D eigenvalue weighted by atomic mass is 9.46. The SMILES string of the molecule is CC1(COC(=O)c2ccc(SOO[O-])cc2)C2CC3CC(C2)CC1C3. The molecule has 4 aliphatic rings. The molecule has 6 heteroatoms. The third-order valence-corrected chi connectivity index (χ3v) is 7.35. The lowest BCUT2D eigenvalue weighted by Gasteiger charge is -2.59. The normalized spacial score (nSPS) is 35.8. The Balaban J connectivity index is 1.37. The van der Waals surface area contributed by atoms with Crippen molar-refractivity contribution in [3.05, 3.63) is 29.8 Å². The molecule has 4 aliphatic carbocycles. The Morgan fingerprint density at radius 1 is 1.12 bits per heavy atom. The Morgan fingerprint density at radius 2 is 1.72 bits per heavy atom. The summed E-state index contributed by atoms with van der Waals surface area (Å²) in [6.07, 6.45) is 6.68. The number of hydrogen-bond acceptors (Lipinski definition) is 6. The molecule has 1 aromatic carbocycles. The van der Waals surface area contributed by atoms with Gasteiger partial charge in [0.2, 0.25) is 0 Å². The van der Waals surface area contributed by atoms with Crippen LogP contribution in [0.1, 0.15) is 49.4 Å². The number of carbonyl (C=O) groups is 1. The first-order valence-electron chi connectivity index (χ1n) is 8.99. The Bertz CT molecular complexity index is 601. The average Bonchev–Trinajstić information content (AvgIpc) is 2.62. The zero-order valence-electron chi connectivity index (χ0n) is 14.3. The highest BCUT2D eigenvalue weighted by molar-refractivity contribution is 7.94. The second-order valence-corrected chi connectivity index (χ2v) is 8.90. The molecule has 5 rings (SSSR count). The van der Waals surface area contributed by atoms with E-state index in [0.717, 1.165) is 23.9 Å². The van der Waals surface area contributed by atoms with Gasteiger partial charge in [-0.25, -0.2) is 4.79 Å². The molecule has 0 aromatic heterocycles. The van der Waals surface area contributed by atoms with Crippen molar-refractivity contribution in [1.29, 1.82) is 0 Å². The first-order valence-corrected chi connectivity index (χ1v) is 9.73. The smallest absolute Gasteiger partial charge is 0.338 e. The van der Waals surface area contributed by atoms with Gasteiger partial charge in [-0.2, -0.15) is 4.33 Å². The standard InChI is InChI=1S/C19H24O5S/c1-19(15-7-12-6-13(9-15)10-16(19)8-12)11-22-18(20)14-2-4-17(5-3-14)25-24-23-21/h2-5,12-13,15-16,21H,6-11H2,1H3/p-1. The van der Waals surface area contributed by atoms with Crippen LogP contribution >= 0.6 is 12.0 Å². The van der Waals surface area contributed by atoms with E-state index in [1.54, 1.807) is 24.3 Å². The molecule has 0 spiro atoms. The van der Waals surface area contributed by atoms with E-state index in [-0.39, 0.29) is 11.4 Å². The number of rotatable bonds is 6. The number of carbonyl (C=O) groups excluding carboxylic acids is 1. The van der Waals surface area contributed by atoms with Crippen molar-refractivity contribution in [2.75, 3.05) is 6.61 Å². The van der Waals surface area contributed by atoms with Gasteiger partial charge in [-0.1, -0.05) is 6.92 Å². The molecule has 4 saturated carbocycles. The van der Waals surface area contributed by atoms with Crippen LogP contribution in [0.5, 0.6) is 0 Å². The van der Waals surface area contributed by atoms with Gasteiger partial charge in [-0.3, -0.25) is 5.04 Å². The Hall–Kier alpha value is -1.08. The van der Waals surface area contributed by atoms with E-state index in [2.05, 4.69) is 16.3 Å². The van der Waals surface area contributed by atoms with Crippen LogP contribution in [0.4, 0.5) is 0 Å². The summed E-state index contributed by atoms with van der Waals surface area (Å²) in [5.74, 6) is 2.96. The van der Waals surface area contributed by atoms with Crippen molar-refractivity contribution in [2.24, 2.45) is 29.1 Å². The fourth-order valence-corrected chi connectivity index (χ4v) is 5.85. The second-order valence-electron chi connectivity index (χ2n) is 8.13. The monoisotopic (exact) mass is 363 g/mol. The maximum absolute atomic E-state index is 12.4. The molecular weight excluding hydrogens is 340 g/mol. The van der Waals surface area contributed by atoms with Crippen molar-refractivity contribution in [1.82, 2.24) is 0 Å². The van der Waals surface area contributed by atoms with Gasteiger partial charge in [0.25, 0.3) is 0 Å². The molecule has 0 aliphatic heterocycles. The van der Waals surface area contributed by atoms with Crippen molar-refractivity contribution in [3.8, 4) is 0 Å². The van der Waals surface area contributed by atoms with Gasteiger partial charge in [-0.15, -0.1) is 0 Å². The van der Waals surface area contributed by atoms with Gasteiger partial charge in [-0.05, 0) is 80.0 Å². The number of esters is 1. The number of hydrogen-bond donors (Lipinski definition) is 0. The quantitative estimate of drug-likeness (QED) is 0.333. The Morgan fingerprint density at radius 3 is 2.28 bits per heavy atom. The highest BCUT2D eigenvalue weighted by atomic mass is 32.2. The number of benzene rings is 1. The first-order chi connectivity index (χ1) is 12.1. The molecule has 136 valence electrons. The summed E-state index contributed by atoms with van der Waals surface area (Å²) >= 11 is 0.805. The minimum absolute atomic E-state index is 0.137. The molecule has 0 saturated heterocycles. The highest BCUT2D eigenvalue weighted by Crippen LogP contribution is 2.62. The van der Waals surface area contributed by atoms with Crippen molar-refractivity contribution >= 4 is 18.0 Å². The highest BCUT2D eigenvalue weighted by Gasteiger charge is 2.55. The summed E-state index contributed by atoms with van der Waals surface area (Å²) < 4.78 is 9.99.